The lowest BCUT2D eigenvalue weighted by atomic mass is 10.1. The molecule has 0 bridgehead atoms. The van der Waals surface area contributed by atoms with Crippen LogP contribution in [0.1, 0.15) is 5.56 Å². The first-order valence-corrected chi connectivity index (χ1v) is 4.71. The number of aromatic amines is 1. The number of hydrogen-bond acceptors (Lipinski definition) is 2. The van der Waals surface area contributed by atoms with Crippen LogP contribution in [0.25, 0.3) is 11.0 Å². The van der Waals surface area contributed by atoms with E-state index in [4.69, 9.17) is 5.73 Å². The zero-order chi connectivity index (χ0) is 11.8. The van der Waals surface area contributed by atoms with Crippen LogP contribution in [-0.4, -0.2) is 22.2 Å². The lowest BCUT2D eigenvalue weighted by Crippen LogP contribution is -2.39. The monoisotopic (exact) mass is 229 g/mol. The molecular weight excluding hydrogens is 219 g/mol. The van der Waals surface area contributed by atoms with E-state index < -0.39 is 12.2 Å². The van der Waals surface area contributed by atoms with Gasteiger partial charge in [0.1, 0.15) is 6.04 Å². The summed E-state index contributed by atoms with van der Waals surface area (Å²) in [5.41, 5.74) is 7.04. The molecule has 0 radical (unpaired) electrons. The second-order valence-electron chi connectivity index (χ2n) is 3.61. The maximum atomic E-state index is 12.2. The highest BCUT2D eigenvalue weighted by molar-refractivity contribution is 5.75. The van der Waals surface area contributed by atoms with E-state index in [9.17, 15) is 13.2 Å². The Hall–Kier alpha value is -1.56. The summed E-state index contributed by atoms with van der Waals surface area (Å²) in [4.78, 5) is 6.82. The number of alkyl halides is 3. The first-order valence-electron chi connectivity index (χ1n) is 4.71. The fraction of sp³-hybridized carbons (Fsp3) is 0.300. The molecule has 0 spiro atoms. The van der Waals surface area contributed by atoms with E-state index in [2.05, 4.69) is 9.97 Å². The second kappa shape index (κ2) is 3.79. The third-order valence-electron chi connectivity index (χ3n) is 2.36. The summed E-state index contributed by atoms with van der Waals surface area (Å²) in [6.45, 7) is 0. The number of benzene rings is 1. The molecule has 0 aliphatic carbocycles. The molecule has 1 unspecified atom stereocenters. The van der Waals surface area contributed by atoms with E-state index in [1.165, 1.54) is 6.33 Å². The summed E-state index contributed by atoms with van der Waals surface area (Å²) in [5, 5.41) is 0. The molecule has 0 aliphatic rings. The Kier molecular flexibility index (Phi) is 2.59. The molecular formula is C10H10F3N3. The standard InChI is InChI=1S/C10H10F3N3/c11-10(12,13)9(14)4-6-1-2-7-8(3-6)16-5-15-7/h1-3,5,9H,4,14H2,(H,15,16). The molecule has 0 amide bonds. The van der Waals surface area contributed by atoms with Crippen molar-refractivity contribution in [2.45, 2.75) is 18.6 Å². The van der Waals surface area contributed by atoms with Crippen LogP contribution in [0.3, 0.4) is 0 Å². The Bertz CT molecular complexity index is 489. The summed E-state index contributed by atoms with van der Waals surface area (Å²) >= 11 is 0. The average Bonchev–Trinajstić information content (AvgIpc) is 2.63. The van der Waals surface area contributed by atoms with Crippen LogP contribution in [0.2, 0.25) is 0 Å². The van der Waals surface area contributed by atoms with E-state index in [0.29, 0.717) is 11.1 Å². The number of nitrogens with one attached hydrogen (secondary N) is 1. The molecule has 1 heterocycles. The van der Waals surface area contributed by atoms with Gasteiger partial charge in [-0.15, -0.1) is 0 Å². The van der Waals surface area contributed by atoms with Crippen LogP contribution < -0.4 is 5.73 Å². The summed E-state index contributed by atoms with van der Waals surface area (Å²) < 4.78 is 36.7. The summed E-state index contributed by atoms with van der Waals surface area (Å²) in [5.74, 6) is 0. The van der Waals surface area contributed by atoms with Gasteiger partial charge in [-0.1, -0.05) is 6.07 Å². The van der Waals surface area contributed by atoms with Crippen LogP contribution in [0.5, 0.6) is 0 Å². The molecule has 0 aliphatic heterocycles. The van der Waals surface area contributed by atoms with E-state index >= 15 is 0 Å². The van der Waals surface area contributed by atoms with Gasteiger partial charge in [0.05, 0.1) is 17.4 Å². The molecule has 2 rings (SSSR count). The van der Waals surface area contributed by atoms with Gasteiger partial charge in [-0.3, -0.25) is 0 Å². The van der Waals surface area contributed by atoms with Crippen LogP contribution in [-0.2, 0) is 6.42 Å². The first-order chi connectivity index (χ1) is 7.47. The first kappa shape index (κ1) is 10.9. The molecule has 0 saturated carbocycles. The predicted octanol–water partition coefficient (Wildman–Crippen LogP) is 2.00. The minimum Gasteiger partial charge on any atom is -0.345 e. The second-order valence-corrected chi connectivity index (χ2v) is 3.61. The van der Waals surface area contributed by atoms with E-state index in [1.807, 2.05) is 0 Å². The van der Waals surface area contributed by atoms with Gasteiger partial charge < -0.3 is 10.7 Å². The molecule has 3 N–H and O–H groups in total. The van der Waals surface area contributed by atoms with E-state index in [1.54, 1.807) is 18.2 Å². The maximum absolute atomic E-state index is 12.2. The number of halogens is 3. The zero-order valence-electron chi connectivity index (χ0n) is 8.25. The highest BCUT2D eigenvalue weighted by Crippen LogP contribution is 2.22. The van der Waals surface area contributed by atoms with Gasteiger partial charge in [-0.05, 0) is 24.1 Å². The SMILES string of the molecule is NC(Cc1ccc2nc[nH]c2c1)C(F)(F)F. The number of imidazole rings is 1. The van der Waals surface area contributed by atoms with Crippen molar-refractivity contribution in [2.75, 3.05) is 0 Å². The number of rotatable bonds is 2. The summed E-state index contributed by atoms with van der Waals surface area (Å²) in [7, 11) is 0. The van der Waals surface area contributed by atoms with Crippen molar-refractivity contribution in [1.29, 1.82) is 0 Å². The lowest BCUT2D eigenvalue weighted by Gasteiger charge is -2.15. The predicted molar refractivity (Wildman–Crippen MR) is 53.8 cm³/mol. The maximum Gasteiger partial charge on any atom is 0.403 e. The minimum absolute atomic E-state index is 0.224. The van der Waals surface area contributed by atoms with Crippen LogP contribution in [0.4, 0.5) is 13.2 Å². The van der Waals surface area contributed by atoms with Gasteiger partial charge in [0, 0.05) is 0 Å². The number of nitrogens with zero attached hydrogens (tertiary/aromatic N) is 1. The zero-order valence-corrected chi connectivity index (χ0v) is 8.25. The Balaban J connectivity index is 2.21. The molecule has 16 heavy (non-hydrogen) atoms. The molecule has 1 atom stereocenters. The fourth-order valence-corrected chi connectivity index (χ4v) is 1.48. The summed E-state index contributed by atoms with van der Waals surface area (Å²) in [6.07, 6.45) is -3.08. The van der Waals surface area contributed by atoms with E-state index in [0.717, 1.165) is 5.52 Å². The third kappa shape index (κ3) is 2.16. The molecule has 1 aromatic carbocycles. The molecule has 1 aromatic heterocycles. The van der Waals surface area contributed by atoms with Crippen molar-refractivity contribution in [2.24, 2.45) is 5.73 Å². The lowest BCUT2D eigenvalue weighted by molar-refractivity contribution is -0.147. The average molecular weight is 229 g/mol. The number of aromatic nitrogens is 2. The molecule has 3 nitrogen and oxygen atoms in total. The van der Waals surface area contributed by atoms with Gasteiger partial charge in [0.25, 0.3) is 0 Å². The summed E-state index contributed by atoms with van der Waals surface area (Å²) in [6, 6.07) is 3.08. The van der Waals surface area contributed by atoms with Crippen molar-refractivity contribution in [1.82, 2.24) is 9.97 Å². The van der Waals surface area contributed by atoms with Gasteiger partial charge >= 0.3 is 6.18 Å². The Morgan fingerprint density at radius 1 is 1.38 bits per heavy atom. The Labute approximate surface area is 89.5 Å². The molecule has 6 heteroatoms. The van der Waals surface area contributed by atoms with Crippen LogP contribution in [0, 0.1) is 0 Å². The van der Waals surface area contributed by atoms with Crippen LogP contribution in [0.15, 0.2) is 24.5 Å². The van der Waals surface area contributed by atoms with Crippen molar-refractivity contribution in [3.05, 3.63) is 30.1 Å². The van der Waals surface area contributed by atoms with Crippen LogP contribution >= 0.6 is 0 Å². The van der Waals surface area contributed by atoms with E-state index in [-0.39, 0.29) is 6.42 Å². The molecule has 0 saturated heterocycles. The fourth-order valence-electron chi connectivity index (χ4n) is 1.48. The number of H-pyrrole nitrogens is 1. The minimum atomic E-state index is -4.36. The highest BCUT2D eigenvalue weighted by Gasteiger charge is 2.36. The number of hydrogen-bond donors (Lipinski definition) is 2. The van der Waals surface area contributed by atoms with Crippen molar-refractivity contribution in [3.63, 3.8) is 0 Å². The normalized spacial score (nSPS) is 14.2. The third-order valence-corrected chi connectivity index (χ3v) is 2.36. The largest absolute Gasteiger partial charge is 0.403 e. The molecule has 0 fully saturated rings. The topological polar surface area (TPSA) is 54.7 Å². The quantitative estimate of drug-likeness (QED) is 0.827. The number of fused-ring (bicyclic) bond motifs is 1. The molecule has 86 valence electrons. The van der Waals surface area contributed by atoms with Crippen molar-refractivity contribution < 1.29 is 13.2 Å². The Morgan fingerprint density at radius 3 is 2.81 bits per heavy atom. The Morgan fingerprint density at radius 2 is 2.12 bits per heavy atom. The smallest absolute Gasteiger partial charge is 0.345 e. The van der Waals surface area contributed by atoms with Gasteiger partial charge in [0.15, 0.2) is 0 Å². The van der Waals surface area contributed by atoms with Crippen molar-refractivity contribution in [3.8, 4) is 0 Å². The van der Waals surface area contributed by atoms with Gasteiger partial charge in [-0.2, -0.15) is 13.2 Å². The number of nitrogens with two attached hydrogens (primary N) is 1. The highest BCUT2D eigenvalue weighted by atomic mass is 19.4. The molecule has 2 aromatic rings. The van der Waals surface area contributed by atoms with Crippen molar-refractivity contribution >= 4 is 11.0 Å². The van der Waals surface area contributed by atoms with Gasteiger partial charge in [0.2, 0.25) is 0 Å². The van der Waals surface area contributed by atoms with Gasteiger partial charge in [-0.25, -0.2) is 4.98 Å².